The van der Waals surface area contributed by atoms with E-state index in [1.807, 2.05) is 31.2 Å². The van der Waals surface area contributed by atoms with Gasteiger partial charge in [-0.25, -0.2) is 8.42 Å². The topological polar surface area (TPSA) is 54.4 Å². The standard InChI is InChI=1S/C16H21BrO3S/c1-16(18,11-5-7-13(17)8-6-11)12-9-14-3-2-4-15(10-12)21(14,19)20/h5-8,12,14-15,18H,2-4,9-10H2,1H3. The summed E-state index contributed by atoms with van der Waals surface area (Å²) >= 11 is 3.40. The molecule has 2 bridgehead atoms. The number of hydrogen-bond donors (Lipinski definition) is 1. The number of fused-ring (bicyclic) bond motifs is 2. The highest BCUT2D eigenvalue weighted by atomic mass is 79.9. The summed E-state index contributed by atoms with van der Waals surface area (Å²) in [6, 6.07) is 7.68. The first kappa shape index (κ1) is 15.5. The van der Waals surface area contributed by atoms with Gasteiger partial charge >= 0.3 is 0 Å². The first-order valence-corrected chi connectivity index (χ1v) is 9.93. The molecule has 5 heteroatoms. The van der Waals surface area contributed by atoms with Gasteiger partial charge in [-0.3, -0.25) is 0 Å². The van der Waals surface area contributed by atoms with Gasteiger partial charge in [0, 0.05) is 4.47 Å². The summed E-state index contributed by atoms with van der Waals surface area (Å²) < 4.78 is 25.7. The maximum Gasteiger partial charge on any atom is 0.156 e. The molecule has 3 unspecified atom stereocenters. The van der Waals surface area contributed by atoms with Crippen molar-refractivity contribution in [2.45, 2.75) is 55.1 Å². The zero-order valence-corrected chi connectivity index (χ0v) is 14.5. The van der Waals surface area contributed by atoms with Crippen molar-refractivity contribution in [2.24, 2.45) is 5.92 Å². The van der Waals surface area contributed by atoms with Crippen LogP contribution in [0.3, 0.4) is 0 Å². The summed E-state index contributed by atoms with van der Waals surface area (Å²) in [4.78, 5) is 0. The lowest BCUT2D eigenvalue weighted by molar-refractivity contribution is -0.0188. The van der Waals surface area contributed by atoms with Gasteiger partial charge in [0.2, 0.25) is 0 Å². The van der Waals surface area contributed by atoms with E-state index in [9.17, 15) is 13.5 Å². The Labute approximate surface area is 134 Å². The fraction of sp³-hybridized carbons (Fsp3) is 0.625. The minimum Gasteiger partial charge on any atom is -0.385 e. The van der Waals surface area contributed by atoms with Crippen LogP contribution in [0.1, 0.15) is 44.6 Å². The molecule has 1 aromatic rings. The van der Waals surface area contributed by atoms with E-state index in [0.29, 0.717) is 12.8 Å². The molecule has 3 rings (SSSR count). The maximum absolute atomic E-state index is 12.4. The molecule has 0 radical (unpaired) electrons. The normalized spacial score (nSPS) is 34.1. The van der Waals surface area contributed by atoms with E-state index in [2.05, 4.69) is 15.9 Å². The van der Waals surface area contributed by atoms with Gasteiger partial charge in [0.25, 0.3) is 0 Å². The second-order valence-corrected chi connectivity index (χ2v) is 10.0. The molecule has 2 saturated heterocycles. The molecule has 2 aliphatic rings. The van der Waals surface area contributed by atoms with E-state index < -0.39 is 15.4 Å². The van der Waals surface area contributed by atoms with Gasteiger partial charge in [0.1, 0.15) is 0 Å². The van der Waals surface area contributed by atoms with E-state index >= 15 is 0 Å². The third kappa shape index (κ3) is 2.68. The Morgan fingerprint density at radius 2 is 1.67 bits per heavy atom. The quantitative estimate of drug-likeness (QED) is 0.865. The van der Waals surface area contributed by atoms with Crippen LogP contribution in [0, 0.1) is 5.92 Å². The summed E-state index contributed by atoms with van der Waals surface area (Å²) in [5.74, 6) is 0.0116. The average molecular weight is 373 g/mol. The summed E-state index contributed by atoms with van der Waals surface area (Å²) in [5.41, 5.74) is -0.0992. The number of aliphatic hydroxyl groups is 1. The van der Waals surface area contributed by atoms with Crippen molar-refractivity contribution in [3.63, 3.8) is 0 Å². The lowest BCUT2D eigenvalue weighted by Gasteiger charge is -2.44. The van der Waals surface area contributed by atoms with Gasteiger partial charge < -0.3 is 5.11 Å². The van der Waals surface area contributed by atoms with Gasteiger partial charge in [0.05, 0.1) is 16.1 Å². The second kappa shape index (κ2) is 5.36. The molecule has 21 heavy (non-hydrogen) atoms. The zero-order valence-electron chi connectivity index (χ0n) is 12.1. The molecule has 1 aromatic carbocycles. The lowest BCUT2D eigenvalue weighted by Crippen LogP contribution is -2.48. The second-order valence-electron chi connectivity index (χ2n) is 6.59. The Bertz CT molecular complexity index is 601. The van der Waals surface area contributed by atoms with Gasteiger partial charge in [-0.05, 0) is 56.2 Å². The van der Waals surface area contributed by atoms with Crippen LogP contribution in [0.15, 0.2) is 28.7 Å². The SMILES string of the molecule is CC(O)(c1ccc(Br)cc1)C1CC2CCCC(C1)S2(=O)=O. The van der Waals surface area contributed by atoms with Crippen LogP contribution in [0.5, 0.6) is 0 Å². The number of halogens is 1. The first-order chi connectivity index (χ1) is 9.81. The Morgan fingerprint density at radius 3 is 2.19 bits per heavy atom. The highest BCUT2D eigenvalue weighted by Crippen LogP contribution is 2.46. The predicted octanol–water partition coefficient (Wildman–Crippen LogP) is 3.40. The molecule has 0 amide bonds. The number of benzene rings is 1. The van der Waals surface area contributed by atoms with Crippen LogP contribution in [0.25, 0.3) is 0 Å². The van der Waals surface area contributed by atoms with Gasteiger partial charge in [-0.15, -0.1) is 0 Å². The maximum atomic E-state index is 12.4. The summed E-state index contributed by atoms with van der Waals surface area (Å²) in [5, 5.41) is 10.5. The molecule has 116 valence electrons. The highest BCUT2D eigenvalue weighted by molar-refractivity contribution is 9.10. The predicted molar refractivity (Wildman–Crippen MR) is 86.8 cm³/mol. The van der Waals surface area contributed by atoms with E-state index in [1.54, 1.807) is 0 Å². The van der Waals surface area contributed by atoms with Crippen LogP contribution in [0.2, 0.25) is 0 Å². The Balaban J connectivity index is 1.89. The summed E-state index contributed by atoms with van der Waals surface area (Å²) in [6.45, 7) is 1.83. The van der Waals surface area contributed by atoms with Crippen molar-refractivity contribution in [3.05, 3.63) is 34.3 Å². The molecule has 0 aliphatic carbocycles. The van der Waals surface area contributed by atoms with Crippen LogP contribution in [-0.4, -0.2) is 24.0 Å². The summed E-state index contributed by atoms with van der Waals surface area (Å²) in [6.07, 6.45) is 3.68. The first-order valence-electron chi connectivity index (χ1n) is 7.53. The molecular weight excluding hydrogens is 352 g/mol. The number of rotatable bonds is 2. The van der Waals surface area contributed by atoms with Crippen LogP contribution in [-0.2, 0) is 15.4 Å². The molecule has 2 fully saturated rings. The molecule has 0 aromatic heterocycles. The minimum atomic E-state index is -2.97. The Hall–Kier alpha value is -0.390. The van der Waals surface area contributed by atoms with Crippen molar-refractivity contribution in [2.75, 3.05) is 0 Å². The van der Waals surface area contributed by atoms with Gasteiger partial charge in [-0.1, -0.05) is 34.5 Å². The average Bonchev–Trinajstić information content (AvgIpc) is 2.37. The largest absolute Gasteiger partial charge is 0.385 e. The lowest BCUT2D eigenvalue weighted by atomic mass is 9.75. The van der Waals surface area contributed by atoms with E-state index in [1.165, 1.54) is 0 Å². The van der Waals surface area contributed by atoms with Crippen LogP contribution in [0.4, 0.5) is 0 Å². The van der Waals surface area contributed by atoms with E-state index in [-0.39, 0.29) is 16.4 Å². The van der Waals surface area contributed by atoms with Crippen molar-refractivity contribution in [3.8, 4) is 0 Å². The van der Waals surface area contributed by atoms with Gasteiger partial charge in [-0.2, -0.15) is 0 Å². The van der Waals surface area contributed by atoms with Crippen LogP contribution >= 0.6 is 15.9 Å². The zero-order chi connectivity index (χ0) is 15.3. The van der Waals surface area contributed by atoms with Crippen molar-refractivity contribution in [1.82, 2.24) is 0 Å². The summed E-state index contributed by atoms with van der Waals surface area (Å²) in [7, 11) is -2.97. The molecule has 3 atom stereocenters. The molecule has 2 aliphatic heterocycles. The van der Waals surface area contributed by atoms with E-state index in [4.69, 9.17) is 0 Å². The number of sulfone groups is 1. The minimum absolute atomic E-state index is 0.0116. The fourth-order valence-electron chi connectivity index (χ4n) is 3.89. The molecule has 0 saturated carbocycles. The smallest absolute Gasteiger partial charge is 0.156 e. The third-order valence-electron chi connectivity index (χ3n) is 5.30. The van der Waals surface area contributed by atoms with Crippen LogP contribution < -0.4 is 0 Å². The molecule has 0 spiro atoms. The molecule has 1 N–H and O–H groups in total. The van der Waals surface area contributed by atoms with Gasteiger partial charge in [0.15, 0.2) is 9.84 Å². The monoisotopic (exact) mass is 372 g/mol. The van der Waals surface area contributed by atoms with Crippen molar-refractivity contribution in [1.29, 1.82) is 0 Å². The Kier molecular flexibility index (Phi) is 3.95. The fourth-order valence-corrected chi connectivity index (χ4v) is 6.69. The van der Waals surface area contributed by atoms with E-state index in [0.717, 1.165) is 29.3 Å². The number of hydrogen-bond acceptors (Lipinski definition) is 3. The molecular formula is C16H21BrO3S. The highest BCUT2D eigenvalue weighted by Gasteiger charge is 2.49. The van der Waals surface area contributed by atoms with Crippen molar-refractivity contribution < 1.29 is 13.5 Å². The molecule has 2 heterocycles. The van der Waals surface area contributed by atoms with Crippen molar-refractivity contribution >= 4 is 25.8 Å². The molecule has 3 nitrogen and oxygen atoms in total. The third-order valence-corrected chi connectivity index (χ3v) is 8.54. The Morgan fingerprint density at radius 1 is 1.14 bits per heavy atom.